The van der Waals surface area contributed by atoms with Gasteiger partial charge in [-0.25, -0.2) is 9.97 Å². The maximum atomic E-state index is 5.54. The Morgan fingerprint density at radius 3 is 2.84 bits per heavy atom. The summed E-state index contributed by atoms with van der Waals surface area (Å²) in [4.78, 5) is 16.0. The van der Waals surface area contributed by atoms with Crippen LogP contribution in [0.1, 0.15) is 22.7 Å². The van der Waals surface area contributed by atoms with E-state index in [-0.39, 0.29) is 0 Å². The first kappa shape index (κ1) is 17.6. The van der Waals surface area contributed by atoms with E-state index in [1.54, 1.807) is 11.8 Å². The van der Waals surface area contributed by atoms with Crippen molar-refractivity contribution in [1.29, 1.82) is 0 Å². The van der Waals surface area contributed by atoms with Crippen molar-refractivity contribution >= 4 is 49.9 Å². The molecule has 0 aromatic carbocycles. The monoisotopic (exact) mass is 395 g/mol. The highest BCUT2D eigenvalue weighted by Crippen LogP contribution is 2.40. The van der Waals surface area contributed by atoms with Crippen molar-refractivity contribution in [3.63, 3.8) is 0 Å². The highest BCUT2D eigenvalue weighted by molar-refractivity contribution is 8.23. The lowest BCUT2D eigenvalue weighted by Gasteiger charge is -2.23. The first-order valence-electron chi connectivity index (χ1n) is 8.73. The number of aryl methyl sites for hydroxylation is 2. The molecule has 0 saturated carbocycles. The number of morpholine rings is 1. The summed E-state index contributed by atoms with van der Waals surface area (Å²) < 4.78 is 6.31. The molecule has 1 aliphatic heterocycles. The number of hydrogen-bond acceptors (Lipinski definition) is 6. The van der Waals surface area contributed by atoms with E-state index in [9.17, 15) is 0 Å². The summed E-state index contributed by atoms with van der Waals surface area (Å²) in [5, 5.41) is 2.30. The van der Waals surface area contributed by atoms with Crippen molar-refractivity contribution in [3.05, 3.63) is 16.3 Å². The molecule has 2 aliphatic rings. The second-order valence-electron chi connectivity index (χ2n) is 6.78. The Morgan fingerprint density at radius 1 is 1.28 bits per heavy atom. The lowest BCUT2D eigenvalue weighted by Crippen LogP contribution is -3.12. The summed E-state index contributed by atoms with van der Waals surface area (Å²) >= 11 is 9.00. The molecule has 3 heterocycles. The quantitative estimate of drug-likeness (QED) is 0.483. The van der Waals surface area contributed by atoms with Crippen LogP contribution in [0.15, 0.2) is 5.03 Å². The Balaban J connectivity index is 1.71. The molecule has 1 fully saturated rings. The molecule has 2 aromatic heterocycles. The number of aromatic nitrogens is 2. The molecule has 1 N–H and O–H groups in total. The van der Waals surface area contributed by atoms with Crippen molar-refractivity contribution in [2.24, 2.45) is 0 Å². The molecule has 0 atom stereocenters. The third kappa shape index (κ3) is 3.68. The molecule has 134 valence electrons. The van der Waals surface area contributed by atoms with Gasteiger partial charge in [0, 0.05) is 24.4 Å². The van der Waals surface area contributed by atoms with Crippen molar-refractivity contribution in [2.45, 2.75) is 30.8 Å². The molecule has 8 heteroatoms. The van der Waals surface area contributed by atoms with Crippen molar-refractivity contribution in [1.82, 2.24) is 14.9 Å². The van der Waals surface area contributed by atoms with Crippen LogP contribution in [0.25, 0.3) is 10.2 Å². The van der Waals surface area contributed by atoms with Crippen LogP contribution >= 0.6 is 35.3 Å². The summed E-state index contributed by atoms with van der Waals surface area (Å²) in [7, 11) is 3.98. The first-order chi connectivity index (χ1) is 12.1. The van der Waals surface area contributed by atoms with Gasteiger partial charge in [0.15, 0.2) is 5.82 Å². The number of quaternary nitrogens is 1. The van der Waals surface area contributed by atoms with E-state index in [1.165, 1.54) is 33.6 Å². The van der Waals surface area contributed by atoms with Crippen LogP contribution in [0.3, 0.4) is 0 Å². The number of fused-ring (bicyclic) bond motifs is 3. The molecule has 1 aliphatic carbocycles. The molecule has 1 saturated heterocycles. The van der Waals surface area contributed by atoms with Gasteiger partial charge in [-0.3, -0.25) is 0 Å². The molecule has 0 radical (unpaired) electrons. The molecule has 0 bridgehead atoms. The molecule has 0 unspecified atom stereocenters. The van der Waals surface area contributed by atoms with Crippen LogP contribution in [0, 0.1) is 0 Å². The Hall–Kier alpha value is -0.800. The van der Waals surface area contributed by atoms with Crippen LogP contribution < -0.4 is 4.90 Å². The molecular formula is C17H23N4OS3+. The fraction of sp³-hybridized carbons (Fsp3) is 0.588. The fourth-order valence-corrected chi connectivity index (χ4v) is 5.79. The first-order valence-corrected chi connectivity index (χ1v) is 10.8. The fourth-order valence-electron chi connectivity index (χ4n) is 3.39. The zero-order valence-corrected chi connectivity index (χ0v) is 17.1. The van der Waals surface area contributed by atoms with E-state index < -0.39 is 0 Å². The van der Waals surface area contributed by atoms with Crippen molar-refractivity contribution < 1.29 is 9.64 Å². The minimum atomic E-state index is 0.831. The molecule has 5 nitrogen and oxygen atoms in total. The van der Waals surface area contributed by atoms with Crippen LogP contribution in [0.5, 0.6) is 0 Å². The molecule has 4 rings (SSSR count). The number of thiocarbonyl (C=S) groups is 1. The number of rotatable bonds is 3. The standard InChI is InChI=1S/C17H22N4OS3/c1-20(2)17(23)25-16-14-11-4-3-5-12(11)24-15(14)18-13(19-16)10-21-6-8-22-9-7-21/h3-10H2,1-2H3/p+1. The maximum absolute atomic E-state index is 5.54. The van der Waals surface area contributed by atoms with Gasteiger partial charge in [0.25, 0.3) is 0 Å². The maximum Gasteiger partial charge on any atom is 0.186 e. The predicted molar refractivity (Wildman–Crippen MR) is 107 cm³/mol. The summed E-state index contributed by atoms with van der Waals surface area (Å²) in [6.45, 7) is 4.58. The summed E-state index contributed by atoms with van der Waals surface area (Å²) in [5.74, 6) is 0.938. The lowest BCUT2D eigenvalue weighted by atomic mass is 10.2. The van der Waals surface area contributed by atoms with Gasteiger partial charge in [-0.2, -0.15) is 0 Å². The predicted octanol–water partition coefficient (Wildman–Crippen LogP) is 1.53. The van der Waals surface area contributed by atoms with Gasteiger partial charge >= 0.3 is 0 Å². The third-order valence-electron chi connectivity index (χ3n) is 4.73. The number of nitrogens with zero attached hydrogens (tertiary/aromatic N) is 3. The number of hydrogen-bond donors (Lipinski definition) is 1. The Bertz CT molecular complexity index is 799. The Labute approximate surface area is 161 Å². The second kappa shape index (κ2) is 7.44. The third-order valence-corrected chi connectivity index (χ3v) is 7.56. The number of thioether (sulfide) groups is 1. The van der Waals surface area contributed by atoms with E-state index in [1.807, 2.05) is 30.3 Å². The number of nitrogens with one attached hydrogen (secondary N) is 1. The van der Waals surface area contributed by atoms with E-state index >= 15 is 0 Å². The largest absolute Gasteiger partial charge is 0.370 e. The molecular weight excluding hydrogens is 372 g/mol. The molecule has 25 heavy (non-hydrogen) atoms. The normalized spacial score (nSPS) is 17.8. The molecule has 2 aromatic rings. The minimum absolute atomic E-state index is 0.831. The zero-order valence-electron chi connectivity index (χ0n) is 14.6. The Kier molecular flexibility index (Phi) is 5.24. The van der Waals surface area contributed by atoms with E-state index in [4.69, 9.17) is 26.9 Å². The van der Waals surface area contributed by atoms with Gasteiger partial charge in [-0.05, 0) is 36.6 Å². The highest BCUT2D eigenvalue weighted by Gasteiger charge is 2.25. The van der Waals surface area contributed by atoms with E-state index in [0.29, 0.717) is 0 Å². The van der Waals surface area contributed by atoms with E-state index in [2.05, 4.69) is 0 Å². The molecule has 0 amide bonds. The SMILES string of the molecule is CN(C)C(=S)Sc1nc(C[NH+]2CCOCC2)nc2sc3c(c12)CCC3. The average molecular weight is 396 g/mol. The summed E-state index contributed by atoms with van der Waals surface area (Å²) in [6.07, 6.45) is 3.58. The highest BCUT2D eigenvalue weighted by atomic mass is 32.2. The van der Waals surface area contributed by atoms with Crippen LogP contribution in [0.2, 0.25) is 0 Å². The molecule has 0 spiro atoms. The topological polar surface area (TPSA) is 42.7 Å². The number of ether oxygens (including phenoxy) is 1. The van der Waals surface area contributed by atoms with Crippen LogP contribution in [0.4, 0.5) is 0 Å². The van der Waals surface area contributed by atoms with Crippen LogP contribution in [-0.2, 0) is 24.1 Å². The van der Waals surface area contributed by atoms with Gasteiger partial charge in [0.2, 0.25) is 0 Å². The van der Waals surface area contributed by atoms with Crippen molar-refractivity contribution in [3.8, 4) is 0 Å². The van der Waals surface area contributed by atoms with Gasteiger partial charge in [0.05, 0.1) is 13.2 Å². The van der Waals surface area contributed by atoms with Crippen LogP contribution in [-0.4, -0.2) is 59.6 Å². The second-order valence-corrected chi connectivity index (χ2v) is 9.49. The van der Waals surface area contributed by atoms with Crippen molar-refractivity contribution in [2.75, 3.05) is 40.4 Å². The summed E-state index contributed by atoms with van der Waals surface area (Å²) in [5.41, 5.74) is 1.47. The van der Waals surface area contributed by atoms with Gasteiger partial charge in [-0.1, -0.05) is 12.2 Å². The zero-order chi connectivity index (χ0) is 17.4. The van der Waals surface area contributed by atoms with E-state index in [0.717, 1.165) is 59.3 Å². The Morgan fingerprint density at radius 2 is 2.08 bits per heavy atom. The summed E-state index contributed by atoms with van der Waals surface area (Å²) in [6, 6.07) is 0. The lowest BCUT2D eigenvalue weighted by molar-refractivity contribution is -0.922. The van der Waals surface area contributed by atoms with Gasteiger partial charge in [0.1, 0.15) is 33.8 Å². The average Bonchev–Trinajstić information content (AvgIpc) is 3.16. The smallest absolute Gasteiger partial charge is 0.186 e. The van der Waals surface area contributed by atoms with Gasteiger partial charge in [-0.15, -0.1) is 11.3 Å². The van der Waals surface area contributed by atoms with Gasteiger partial charge < -0.3 is 14.5 Å². The number of thiophene rings is 1. The minimum Gasteiger partial charge on any atom is -0.370 e.